The van der Waals surface area contributed by atoms with Crippen LogP contribution >= 0.6 is 0 Å². The fourth-order valence-electron chi connectivity index (χ4n) is 1.74. The molecule has 0 aliphatic heterocycles. The Balaban J connectivity index is 2.32. The first kappa shape index (κ1) is 11.0. The van der Waals surface area contributed by atoms with Crippen molar-refractivity contribution in [1.82, 2.24) is 0 Å². The minimum absolute atomic E-state index is 0.139. The second kappa shape index (κ2) is 3.81. The summed E-state index contributed by atoms with van der Waals surface area (Å²) < 4.78 is 10.3. The van der Waals surface area contributed by atoms with Gasteiger partial charge in [-0.1, -0.05) is 6.92 Å². The highest BCUT2D eigenvalue weighted by molar-refractivity contribution is 6.02. The summed E-state index contributed by atoms with van der Waals surface area (Å²) in [5, 5.41) is 0. The summed E-state index contributed by atoms with van der Waals surface area (Å²) in [5.41, 5.74) is 0.567. The molecular weight excluding hydrogens is 204 g/mol. The Kier molecular flexibility index (Phi) is 2.62. The molecule has 1 aromatic carbocycles. The van der Waals surface area contributed by atoms with E-state index < -0.39 is 0 Å². The van der Waals surface area contributed by atoms with Crippen LogP contribution in [0.2, 0.25) is 0 Å². The van der Waals surface area contributed by atoms with Crippen LogP contribution in [0.1, 0.15) is 30.1 Å². The van der Waals surface area contributed by atoms with Gasteiger partial charge in [-0.05, 0) is 31.0 Å². The van der Waals surface area contributed by atoms with Crippen LogP contribution in [-0.4, -0.2) is 20.0 Å². The zero-order valence-corrected chi connectivity index (χ0v) is 9.87. The molecular formula is C13H16O3. The Hall–Kier alpha value is -1.51. The molecule has 1 saturated carbocycles. The first-order valence-electron chi connectivity index (χ1n) is 5.37. The molecule has 2 rings (SSSR count). The molecule has 0 atom stereocenters. The normalized spacial score (nSPS) is 16.7. The summed E-state index contributed by atoms with van der Waals surface area (Å²) in [7, 11) is 3.16. The number of methoxy groups -OCH3 is 2. The maximum Gasteiger partial charge on any atom is 0.168 e. The molecule has 1 aliphatic rings. The number of hydrogen-bond acceptors (Lipinski definition) is 3. The van der Waals surface area contributed by atoms with Gasteiger partial charge in [-0.2, -0.15) is 0 Å². The highest BCUT2D eigenvalue weighted by Crippen LogP contribution is 2.48. The number of hydrogen-bond donors (Lipinski definition) is 0. The predicted molar refractivity (Wildman–Crippen MR) is 61.2 cm³/mol. The van der Waals surface area contributed by atoms with Gasteiger partial charge in [-0.15, -0.1) is 0 Å². The van der Waals surface area contributed by atoms with Crippen molar-refractivity contribution in [2.75, 3.05) is 14.2 Å². The minimum atomic E-state index is -0.139. The van der Waals surface area contributed by atoms with E-state index in [4.69, 9.17) is 9.47 Å². The van der Waals surface area contributed by atoms with E-state index in [0.717, 1.165) is 12.8 Å². The van der Waals surface area contributed by atoms with E-state index in [0.29, 0.717) is 17.1 Å². The summed E-state index contributed by atoms with van der Waals surface area (Å²) in [6.45, 7) is 2.01. The van der Waals surface area contributed by atoms with E-state index in [1.54, 1.807) is 32.4 Å². The van der Waals surface area contributed by atoms with Crippen molar-refractivity contribution in [2.24, 2.45) is 5.41 Å². The van der Waals surface area contributed by atoms with E-state index in [1.807, 2.05) is 6.92 Å². The number of ether oxygens (including phenoxy) is 2. The van der Waals surface area contributed by atoms with Gasteiger partial charge in [0.25, 0.3) is 0 Å². The molecule has 0 unspecified atom stereocenters. The highest BCUT2D eigenvalue weighted by atomic mass is 16.5. The number of Topliss-reactive ketones (excluding diaryl/α,β-unsaturated/α-hetero) is 1. The van der Waals surface area contributed by atoms with E-state index in [-0.39, 0.29) is 11.2 Å². The molecule has 0 amide bonds. The smallest absolute Gasteiger partial charge is 0.168 e. The van der Waals surface area contributed by atoms with Crippen molar-refractivity contribution in [1.29, 1.82) is 0 Å². The molecule has 0 heterocycles. The topological polar surface area (TPSA) is 35.5 Å². The number of ketones is 1. The highest BCUT2D eigenvalue weighted by Gasteiger charge is 2.45. The fraction of sp³-hybridized carbons (Fsp3) is 0.462. The van der Waals surface area contributed by atoms with Gasteiger partial charge in [0, 0.05) is 11.0 Å². The van der Waals surface area contributed by atoms with Crippen molar-refractivity contribution < 1.29 is 14.3 Å². The molecule has 86 valence electrons. The molecule has 1 aromatic rings. The number of carbonyl (C=O) groups excluding carboxylic acids is 1. The van der Waals surface area contributed by atoms with Crippen molar-refractivity contribution in [2.45, 2.75) is 19.8 Å². The molecule has 1 fully saturated rings. The van der Waals surface area contributed by atoms with E-state index in [2.05, 4.69) is 0 Å². The Bertz CT molecular complexity index is 419. The molecule has 0 bridgehead atoms. The Morgan fingerprint density at radius 2 is 1.81 bits per heavy atom. The largest absolute Gasteiger partial charge is 0.493 e. The van der Waals surface area contributed by atoms with Gasteiger partial charge >= 0.3 is 0 Å². The summed E-state index contributed by atoms with van der Waals surface area (Å²) >= 11 is 0. The minimum Gasteiger partial charge on any atom is -0.493 e. The second-order valence-corrected chi connectivity index (χ2v) is 4.46. The predicted octanol–water partition coefficient (Wildman–Crippen LogP) is 2.69. The van der Waals surface area contributed by atoms with Gasteiger partial charge in [0.1, 0.15) is 0 Å². The SMILES string of the molecule is COc1ccc(C(=O)C2(C)CC2)cc1OC. The summed E-state index contributed by atoms with van der Waals surface area (Å²) in [6.07, 6.45) is 1.97. The van der Waals surface area contributed by atoms with Crippen LogP contribution < -0.4 is 9.47 Å². The van der Waals surface area contributed by atoms with Gasteiger partial charge in [-0.25, -0.2) is 0 Å². The molecule has 0 radical (unpaired) electrons. The van der Waals surface area contributed by atoms with Crippen LogP contribution in [-0.2, 0) is 0 Å². The van der Waals surface area contributed by atoms with Gasteiger partial charge < -0.3 is 9.47 Å². The number of rotatable bonds is 4. The lowest BCUT2D eigenvalue weighted by Crippen LogP contribution is -2.12. The van der Waals surface area contributed by atoms with Crippen LogP contribution in [0.4, 0.5) is 0 Å². The van der Waals surface area contributed by atoms with Gasteiger partial charge in [-0.3, -0.25) is 4.79 Å². The molecule has 16 heavy (non-hydrogen) atoms. The van der Waals surface area contributed by atoms with Crippen LogP contribution in [0.15, 0.2) is 18.2 Å². The first-order valence-corrected chi connectivity index (χ1v) is 5.37. The Morgan fingerprint density at radius 1 is 1.19 bits per heavy atom. The number of carbonyl (C=O) groups is 1. The molecule has 1 aliphatic carbocycles. The molecule has 3 nitrogen and oxygen atoms in total. The third-order valence-electron chi connectivity index (χ3n) is 3.19. The maximum absolute atomic E-state index is 12.1. The quantitative estimate of drug-likeness (QED) is 0.732. The average Bonchev–Trinajstić information content (AvgIpc) is 3.06. The first-order chi connectivity index (χ1) is 7.60. The average molecular weight is 220 g/mol. The van der Waals surface area contributed by atoms with E-state index in [1.165, 1.54) is 0 Å². The zero-order valence-electron chi connectivity index (χ0n) is 9.87. The van der Waals surface area contributed by atoms with E-state index >= 15 is 0 Å². The van der Waals surface area contributed by atoms with Crippen molar-refractivity contribution >= 4 is 5.78 Å². The van der Waals surface area contributed by atoms with Crippen LogP contribution in [0.3, 0.4) is 0 Å². The van der Waals surface area contributed by atoms with Gasteiger partial charge in [0.15, 0.2) is 17.3 Å². The molecule has 0 saturated heterocycles. The lowest BCUT2D eigenvalue weighted by Gasteiger charge is -2.11. The summed E-state index contributed by atoms with van der Waals surface area (Å²) in [4.78, 5) is 12.1. The van der Waals surface area contributed by atoms with Crippen molar-refractivity contribution in [3.63, 3.8) is 0 Å². The Morgan fingerprint density at radius 3 is 2.31 bits per heavy atom. The molecule has 0 aromatic heterocycles. The van der Waals surface area contributed by atoms with Crippen molar-refractivity contribution in [3.05, 3.63) is 23.8 Å². The van der Waals surface area contributed by atoms with Gasteiger partial charge in [0.2, 0.25) is 0 Å². The molecule has 0 N–H and O–H groups in total. The Labute approximate surface area is 95.4 Å². The second-order valence-electron chi connectivity index (χ2n) is 4.46. The third kappa shape index (κ3) is 1.77. The van der Waals surface area contributed by atoms with Crippen LogP contribution in [0.5, 0.6) is 11.5 Å². The third-order valence-corrected chi connectivity index (χ3v) is 3.19. The van der Waals surface area contributed by atoms with Crippen LogP contribution in [0.25, 0.3) is 0 Å². The fourth-order valence-corrected chi connectivity index (χ4v) is 1.74. The van der Waals surface area contributed by atoms with Crippen LogP contribution in [0, 0.1) is 5.41 Å². The standard InChI is InChI=1S/C13H16O3/c1-13(6-7-13)12(14)9-4-5-10(15-2)11(8-9)16-3/h4-5,8H,6-7H2,1-3H3. The van der Waals surface area contributed by atoms with E-state index in [9.17, 15) is 4.79 Å². The zero-order chi connectivity index (χ0) is 11.8. The molecule has 0 spiro atoms. The molecule has 3 heteroatoms. The monoisotopic (exact) mass is 220 g/mol. The summed E-state index contributed by atoms with van der Waals surface area (Å²) in [6, 6.07) is 5.33. The number of benzene rings is 1. The summed E-state index contributed by atoms with van der Waals surface area (Å²) in [5.74, 6) is 1.46. The van der Waals surface area contributed by atoms with Gasteiger partial charge in [0.05, 0.1) is 14.2 Å². The maximum atomic E-state index is 12.1. The lowest BCUT2D eigenvalue weighted by molar-refractivity contribution is 0.0912. The lowest BCUT2D eigenvalue weighted by atomic mass is 9.96. The van der Waals surface area contributed by atoms with Crippen molar-refractivity contribution in [3.8, 4) is 11.5 Å².